The number of fused-ring (bicyclic) bond motifs is 1. The van der Waals surface area contributed by atoms with E-state index in [-0.39, 0.29) is 12.1 Å². The minimum absolute atomic E-state index is 0.110. The highest BCUT2D eigenvalue weighted by Gasteiger charge is 2.28. The molecule has 2 heterocycles. The lowest BCUT2D eigenvalue weighted by atomic mass is 10.0. The zero-order chi connectivity index (χ0) is 17.2. The van der Waals surface area contributed by atoms with E-state index in [4.69, 9.17) is 9.47 Å². The van der Waals surface area contributed by atoms with Crippen molar-refractivity contribution in [2.45, 2.75) is 38.3 Å². The van der Waals surface area contributed by atoms with Crippen molar-refractivity contribution >= 4 is 11.8 Å². The molecule has 1 atom stereocenters. The average molecular weight is 342 g/mol. The summed E-state index contributed by atoms with van der Waals surface area (Å²) in [6.07, 6.45) is 4.67. The Morgan fingerprint density at radius 3 is 3.04 bits per heavy atom. The summed E-state index contributed by atoms with van der Waals surface area (Å²) in [4.78, 5) is 12.5. The molecule has 2 aromatic rings. The topological polar surface area (TPSA) is 77.4 Å². The van der Waals surface area contributed by atoms with Crippen LogP contribution in [-0.4, -0.2) is 29.0 Å². The Labute approximate surface area is 146 Å². The van der Waals surface area contributed by atoms with Crippen LogP contribution in [0.4, 0.5) is 10.6 Å². The Morgan fingerprint density at radius 2 is 2.24 bits per heavy atom. The number of benzene rings is 1. The number of urea groups is 1. The third kappa shape index (κ3) is 3.40. The van der Waals surface area contributed by atoms with Crippen LogP contribution in [0.3, 0.4) is 0 Å². The Balaban J connectivity index is 1.46. The van der Waals surface area contributed by atoms with Crippen molar-refractivity contribution in [3.05, 3.63) is 36.0 Å². The van der Waals surface area contributed by atoms with Crippen LogP contribution in [0, 0.1) is 0 Å². The maximum Gasteiger partial charge on any atom is 0.320 e. The first-order chi connectivity index (χ1) is 12.2. The SMILES string of the molecule is CCOc1ccc2c(c1)C(NC(=O)Nc1ccnn1C1CC1)CCO2. The summed E-state index contributed by atoms with van der Waals surface area (Å²) in [5.74, 6) is 2.31. The molecule has 25 heavy (non-hydrogen) atoms. The lowest BCUT2D eigenvalue weighted by Crippen LogP contribution is -2.35. The summed E-state index contributed by atoms with van der Waals surface area (Å²) in [6.45, 7) is 3.12. The highest BCUT2D eigenvalue weighted by atomic mass is 16.5. The Hall–Kier alpha value is -2.70. The fraction of sp³-hybridized carbons (Fsp3) is 0.444. The van der Waals surface area contributed by atoms with E-state index in [1.165, 1.54) is 0 Å². The van der Waals surface area contributed by atoms with Gasteiger partial charge in [-0.25, -0.2) is 9.48 Å². The maximum absolute atomic E-state index is 12.5. The number of aromatic nitrogens is 2. The molecule has 2 N–H and O–H groups in total. The van der Waals surface area contributed by atoms with Gasteiger partial charge in [0.05, 0.1) is 31.5 Å². The molecule has 1 saturated carbocycles. The van der Waals surface area contributed by atoms with Gasteiger partial charge in [-0.15, -0.1) is 0 Å². The number of ether oxygens (including phenoxy) is 2. The maximum atomic E-state index is 12.5. The van der Waals surface area contributed by atoms with E-state index in [1.807, 2.05) is 35.9 Å². The van der Waals surface area contributed by atoms with E-state index in [0.717, 1.165) is 42.1 Å². The van der Waals surface area contributed by atoms with E-state index in [9.17, 15) is 4.79 Å². The van der Waals surface area contributed by atoms with Crippen molar-refractivity contribution in [3.8, 4) is 11.5 Å². The van der Waals surface area contributed by atoms with Crippen molar-refractivity contribution in [1.82, 2.24) is 15.1 Å². The molecule has 4 rings (SSSR count). The minimum Gasteiger partial charge on any atom is -0.494 e. The highest BCUT2D eigenvalue weighted by Crippen LogP contribution is 2.37. The fourth-order valence-corrected chi connectivity index (χ4v) is 3.11. The van der Waals surface area contributed by atoms with Gasteiger partial charge in [0.1, 0.15) is 17.3 Å². The summed E-state index contributed by atoms with van der Waals surface area (Å²) in [5, 5.41) is 10.2. The number of carbonyl (C=O) groups excluding carboxylic acids is 1. The molecular formula is C18H22N4O3. The summed E-state index contributed by atoms with van der Waals surface area (Å²) in [5.41, 5.74) is 0.947. The van der Waals surface area contributed by atoms with Gasteiger partial charge in [0, 0.05) is 18.1 Å². The van der Waals surface area contributed by atoms with Gasteiger partial charge in [-0.1, -0.05) is 0 Å². The molecule has 1 unspecified atom stereocenters. The zero-order valence-electron chi connectivity index (χ0n) is 14.2. The fourth-order valence-electron chi connectivity index (χ4n) is 3.11. The molecule has 0 bridgehead atoms. The number of hydrogen-bond acceptors (Lipinski definition) is 4. The number of amides is 2. The second-order valence-electron chi connectivity index (χ2n) is 6.31. The quantitative estimate of drug-likeness (QED) is 0.874. The third-order valence-corrected chi connectivity index (χ3v) is 4.44. The normalized spacial score (nSPS) is 18.8. The smallest absolute Gasteiger partial charge is 0.320 e. The summed E-state index contributed by atoms with van der Waals surface area (Å²) < 4.78 is 13.1. The molecule has 1 aliphatic heterocycles. The average Bonchev–Trinajstić information content (AvgIpc) is 3.35. The molecule has 0 radical (unpaired) electrons. The van der Waals surface area contributed by atoms with Crippen molar-refractivity contribution in [2.75, 3.05) is 18.5 Å². The summed E-state index contributed by atoms with van der Waals surface area (Å²) in [6, 6.07) is 7.62. The van der Waals surface area contributed by atoms with Crippen molar-refractivity contribution in [2.24, 2.45) is 0 Å². The Bertz CT molecular complexity index is 769. The van der Waals surface area contributed by atoms with E-state index < -0.39 is 0 Å². The van der Waals surface area contributed by atoms with Gasteiger partial charge >= 0.3 is 6.03 Å². The number of nitrogens with zero attached hydrogens (tertiary/aromatic N) is 2. The lowest BCUT2D eigenvalue weighted by Gasteiger charge is -2.27. The largest absolute Gasteiger partial charge is 0.494 e. The first-order valence-electron chi connectivity index (χ1n) is 8.75. The van der Waals surface area contributed by atoms with E-state index in [2.05, 4.69) is 15.7 Å². The third-order valence-electron chi connectivity index (χ3n) is 4.44. The van der Waals surface area contributed by atoms with Gasteiger partial charge in [-0.05, 0) is 38.0 Å². The second-order valence-corrected chi connectivity index (χ2v) is 6.31. The predicted molar refractivity (Wildman–Crippen MR) is 93.1 cm³/mol. The lowest BCUT2D eigenvalue weighted by molar-refractivity contribution is 0.231. The highest BCUT2D eigenvalue weighted by molar-refractivity contribution is 5.88. The predicted octanol–water partition coefficient (Wildman–Crippen LogP) is 3.26. The minimum atomic E-state index is -0.234. The summed E-state index contributed by atoms with van der Waals surface area (Å²) >= 11 is 0. The number of rotatable bonds is 5. The Kier molecular flexibility index (Phi) is 4.21. The van der Waals surface area contributed by atoms with E-state index >= 15 is 0 Å². The molecule has 1 aromatic heterocycles. The van der Waals surface area contributed by atoms with Crippen LogP contribution in [0.1, 0.15) is 43.8 Å². The molecule has 7 heteroatoms. The summed E-state index contributed by atoms with van der Waals surface area (Å²) in [7, 11) is 0. The first-order valence-corrected chi connectivity index (χ1v) is 8.75. The molecule has 1 fully saturated rings. The van der Waals surface area contributed by atoms with Crippen molar-refractivity contribution < 1.29 is 14.3 Å². The second kappa shape index (κ2) is 6.66. The molecule has 0 spiro atoms. The molecule has 2 amide bonds. The molecule has 2 aliphatic rings. The van der Waals surface area contributed by atoms with Gasteiger partial charge in [-0.3, -0.25) is 5.32 Å². The first kappa shape index (κ1) is 15.8. The molecule has 7 nitrogen and oxygen atoms in total. The van der Waals surface area contributed by atoms with Gasteiger partial charge in [0.15, 0.2) is 0 Å². The van der Waals surface area contributed by atoms with Gasteiger partial charge in [0.2, 0.25) is 0 Å². The van der Waals surface area contributed by atoms with E-state index in [0.29, 0.717) is 19.3 Å². The van der Waals surface area contributed by atoms with Gasteiger partial charge in [0.25, 0.3) is 0 Å². The van der Waals surface area contributed by atoms with Crippen LogP contribution >= 0.6 is 0 Å². The van der Waals surface area contributed by atoms with E-state index in [1.54, 1.807) is 6.20 Å². The Morgan fingerprint density at radius 1 is 1.36 bits per heavy atom. The number of anilines is 1. The van der Waals surface area contributed by atoms with Crippen molar-refractivity contribution in [3.63, 3.8) is 0 Å². The number of carbonyl (C=O) groups is 1. The van der Waals surface area contributed by atoms with Gasteiger partial charge < -0.3 is 14.8 Å². The molecular weight excluding hydrogens is 320 g/mol. The molecule has 0 saturated heterocycles. The molecule has 1 aliphatic carbocycles. The van der Waals surface area contributed by atoms with Gasteiger partial charge in [-0.2, -0.15) is 5.10 Å². The van der Waals surface area contributed by atoms with Crippen LogP contribution in [0.25, 0.3) is 0 Å². The van der Waals surface area contributed by atoms with Crippen LogP contribution < -0.4 is 20.1 Å². The van der Waals surface area contributed by atoms with Crippen LogP contribution in [0.5, 0.6) is 11.5 Å². The van der Waals surface area contributed by atoms with Crippen molar-refractivity contribution in [1.29, 1.82) is 0 Å². The standard InChI is InChI=1S/C18H22N4O3/c1-2-24-13-5-6-16-14(11-13)15(8-10-25-16)20-18(23)21-17-7-9-19-22(17)12-3-4-12/h5-7,9,11-12,15H,2-4,8,10H2,1H3,(H2,20,21,23). The monoisotopic (exact) mass is 342 g/mol. The van der Waals surface area contributed by atoms with Crippen LogP contribution in [0.2, 0.25) is 0 Å². The van der Waals surface area contributed by atoms with Crippen LogP contribution in [0.15, 0.2) is 30.5 Å². The number of nitrogens with one attached hydrogen (secondary N) is 2. The zero-order valence-corrected chi connectivity index (χ0v) is 14.2. The molecule has 132 valence electrons. The number of hydrogen-bond donors (Lipinski definition) is 2. The molecule has 1 aromatic carbocycles. The van der Waals surface area contributed by atoms with Crippen LogP contribution in [-0.2, 0) is 0 Å².